The summed E-state index contributed by atoms with van der Waals surface area (Å²) >= 11 is 0. The number of nitrogens with zero attached hydrogens (tertiary/aromatic N) is 3. The van der Waals surface area contributed by atoms with Crippen molar-refractivity contribution in [2.24, 2.45) is 0 Å². The van der Waals surface area contributed by atoms with E-state index in [1.54, 1.807) is 0 Å². The number of likely N-dealkylation sites (N-methyl/N-ethyl adjacent to an activating group) is 1. The van der Waals surface area contributed by atoms with E-state index >= 15 is 0 Å². The van der Waals surface area contributed by atoms with Crippen molar-refractivity contribution in [3.8, 4) is 0 Å². The molecule has 0 unspecified atom stereocenters. The van der Waals surface area contributed by atoms with Gasteiger partial charge in [-0.2, -0.15) is 0 Å². The van der Waals surface area contributed by atoms with Gasteiger partial charge in [-0.15, -0.1) is 0 Å². The zero-order valence-electron chi connectivity index (χ0n) is 14.2. The number of urea groups is 1. The molecule has 1 aromatic heterocycles. The van der Waals surface area contributed by atoms with Crippen LogP contribution in [0.2, 0.25) is 0 Å². The van der Waals surface area contributed by atoms with Gasteiger partial charge in [0.2, 0.25) is 0 Å². The molecule has 23 heavy (non-hydrogen) atoms. The first-order chi connectivity index (χ1) is 11.1. The summed E-state index contributed by atoms with van der Waals surface area (Å²) in [4.78, 5) is 21.2. The molecule has 5 heteroatoms. The second-order valence-corrected chi connectivity index (χ2v) is 7.07. The van der Waals surface area contributed by atoms with E-state index in [1.165, 1.54) is 18.4 Å². The third-order valence-corrected chi connectivity index (χ3v) is 5.31. The third-order valence-electron chi connectivity index (χ3n) is 5.31. The summed E-state index contributed by atoms with van der Waals surface area (Å²) < 4.78 is 0. The summed E-state index contributed by atoms with van der Waals surface area (Å²) in [5.74, 6) is 0. The van der Waals surface area contributed by atoms with Gasteiger partial charge in [0.1, 0.15) is 0 Å². The fourth-order valence-electron chi connectivity index (χ4n) is 4.03. The first-order valence-corrected chi connectivity index (χ1v) is 8.77. The Morgan fingerprint density at radius 3 is 2.61 bits per heavy atom. The van der Waals surface area contributed by atoms with Crippen LogP contribution < -0.4 is 5.32 Å². The second-order valence-electron chi connectivity index (χ2n) is 7.07. The van der Waals surface area contributed by atoms with Crippen LogP contribution in [0.3, 0.4) is 0 Å². The number of nitrogens with one attached hydrogen (secondary N) is 1. The predicted octanol–water partition coefficient (Wildman–Crippen LogP) is 2.28. The maximum Gasteiger partial charge on any atom is 0.317 e. The van der Waals surface area contributed by atoms with Gasteiger partial charge < -0.3 is 15.1 Å². The third kappa shape index (κ3) is 3.83. The largest absolute Gasteiger partial charge is 0.335 e. The molecule has 0 radical (unpaired) electrons. The molecule has 2 fully saturated rings. The van der Waals surface area contributed by atoms with Crippen LogP contribution in [0.5, 0.6) is 0 Å². The molecule has 126 valence electrons. The van der Waals surface area contributed by atoms with Crippen molar-refractivity contribution in [2.75, 3.05) is 20.6 Å². The molecule has 1 aliphatic carbocycles. The van der Waals surface area contributed by atoms with Crippen LogP contribution in [0, 0.1) is 0 Å². The molecule has 2 aliphatic rings. The molecular formula is C18H28N4O. The normalized spacial score (nSPS) is 25.3. The van der Waals surface area contributed by atoms with Crippen LogP contribution >= 0.6 is 0 Å². The Labute approximate surface area is 139 Å². The number of amides is 2. The van der Waals surface area contributed by atoms with Crippen LogP contribution in [0.4, 0.5) is 4.79 Å². The van der Waals surface area contributed by atoms with Gasteiger partial charge in [-0.25, -0.2) is 4.79 Å². The van der Waals surface area contributed by atoms with Crippen molar-refractivity contribution in [3.05, 3.63) is 30.1 Å². The summed E-state index contributed by atoms with van der Waals surface area (Å²) in [6.45, 7) is 0.844. The number of pyridine rings is 1. The summed E-state index contributed by atoms with van der Waals surface area (Å²) in [7, 11) is 4.23. The van der Waals surface area contributed by atoms with Gasteiger partial charge in [0.15, 0.2) is 0 Å². The lowest BCUT2D eigenvalue weighted by Crippen LogP contribution is -2.50. The average Bonchev–Trinajstić information content (AvgIpc) is 3.18. The van der Waals surface area contributed by atoms with Crippen LogP contribution in [0.1, 0.15) is 37.7 Å². The topological polar surface area (TPSA) is 48.5 Å². The molecule has 0 spiro atoms. The number of carbonyl (C=O) groups is 1. The number of carbonyl (C=O) groups excluding carboxylic acids is 1. The van der Waals surface area contributed by atoms with E-state index in [1.807, 2.05) is 12.4 Å². The molecular weight excluding hydrogens is 288 g/mol. The highest BCUT2D eigenvalue weighted by Gasteiger charge is 2.38. The maximum atomic E-state index is 12.8. The highest BCUT2D eigenvalue weighted by Crippen LogP contribution is 2.26. The fraction of sp³-hybridized carbons (Fsp3) is 0.667. The number of rotatable bonds is 4. The van der Waals surface area contributed by atoms with E-state index in [0.29, 0.717) is 12.1 Å². The van der Waals surface area contributed by atoms with E-state index in [4.69, 9.17) is 0 Å². The molecule has 1 saturated carbocycles. The highest BCUT2D eigenvalue weighted by molar-refractivity contribution is 5.75. The van der Waals surface area contributed by atoms with Gasteiger partial charge in [-0.3, -0.25) is 4.98 Å². The highest BCUT2D eigenvalue weighted by atomic mass is 16.2. The minimum atomic E-state index is 0.125. The Kier molecular flexibility index (Phi) is 5.16. The molecule has 1 saturated heterocycles. The zero-order valence-corrected chi connectivity index (χ0v) is 14.2. The molecule has 3 rings (SSSR count). The summed E-state index contributed by atoms with van der Waals surface area (Å²) in [6.07, 6.45) is 10.3. The molecule has 5 nitrogen and oxygen atoms in total. The Balaban J connectivity index is 1.70. The van der Waals surface area contributed by atoms with Crippen molar-refractivity contribution in [1.29, 1.82) is 0 Å². The molecule has 2 heterocycles. The number of aromatic nitrogens is 1. The molecule has 2 amide bonds. The first-order valence-electron chi connectivity index (χ1n) is 8.77. The van der Waals surface area contributed by atoms with Crippen LogP contribution in [0.25, 0.3) is 0 Å². The lowest BCUT2D eigenvalue weighted by Gasteiger charge is -2.32. The maximum absolute atomic E-state index is 12.8. The lowest BCUT2D eigenvalue weighted by atomic mass is 10.0. The Bertz CT molecular complexity index is 513. The van der Waals surface area contributed by atoms with Gasteiger partial charge in [-0.05, 0) is 57.5 Å². The predicted molar refractivity (Wildman–Crippen MR) is 91.3 cm³/mol. The summed E-state index contributed by atoms with van der Waals surface area (Å²) in [6, 6.07) is 5.25. The SMILES string of the molecule is CN(C)[C@@H]1CCN(C(=O)NC2CCCC2)[C@H]1Cc1ccncc1. The van der Waals surface area contributed by atoms with Gasteiger partial charge >= 0.3 is 6.03 Å². The van der Waals surface area contributed by atoms with Crippen LogP contribution in [0.15, 0.2) is 24.5 Å². The van der Waals surface area contributed by atoms with Gasteiger partial charge in [-0.1, -0.05) is 12.8 Å². The van der Waals surface area contributed by atoms with Gasteiger partial charge in [0.25, 0.3) is 0 Å². The molecule has 1 aromatic rings. The zero-order chi connectivity index (χ0) is 16.2. The van der Waals surface area contributed by atoms with E-state index in [9.17, 15) is 4.79 Å². The van der Waals surface area contributed by atoms with Gasteiger partial charge in [0, 0.05) is 31.0 Å². The summed E-state index contributed by atoms with van der Waals surface area (Å²) in [5, 5.41) is 3.25. The van der Waals surface area contributed by atoms with E-state index in [-0.39, 0.29) is 12.1 Å². The molecule has 0 bridgehead atoms. The first kappa shape index (κ1) is 16.2. The van der Waals surface area contributed by atoms with Gasteiger partial charge in [0.05, 0.1) is 6.04 Å². The standard InChI is InChI=1S/C18H28N4O/c1-21(2)16-9-12-22(18(23)20-15-5-3-4-6-15)17(16)13-14-7-10-19-11-8-14/h7-8,10-11,15-17H,3-6,9,12-13H2,1-2H3,(H,20,23)/t16-,17+/m1/s1. The summed E-state index contributed by atoms with van der Waals surface area (Å²) in [5.41, 5.74) is 1.25. The quantitative estimate of drug-likeness (QED) is 0.927. The van der Waals surface area contributed by atoms with Crippen molar-refractivity contribution >= 4 is 6.03 Å². The second kappa shape index (κ2) is 7.30. The van der Waals surface area contributed by atoms with E-state index in [0.717, 1.165) is 32.2 Å². The van der Waals surface area contributed by atoms with Crippen LogP contribution in [-0.4, -0.2) is 59.6 Å². The Hall–Kier alpha value is -1.62. The van der Waals surface area contributed by atoms with Crippen molar-refractivity contribution in [2.45, 2.75) is 56.7 Å². The van der Waals surface area contributed by atoms with Crippen molar-refractivity contribution in [3.63, 3.8) is 0 Å². The smallest absolute Gasteiger partial charge is 0.317 e. The number of hydrogen-bond donors (Lipinski definition) is 1. The Morgan fingerprint density at radius 1 is 1.26 bits per heavy atom. The average molecular weight is 316 g/mol. The van der Waals surface area contributed by atoms with Crippen LogP contribution in [-0.2, 0) is 6.42 Å². The van der Waals surface area contributed by atoms with Crippen molar-refractivity contribution < 1.29 is 4.79 Å². The molecule has 1 aliphatic heterocycles. The lowest BCUT2D eigenvalue weighted by molar-refractivity contribution is 0.168. The minimum absolute atomic E-state index is 0.125. The molecule has 1 N–H and O–H groups in total. The van der Waals surface area contributed by atoms with E-state index < -0.39 is 0 Å². The fourth-order valence-corrected chi connectivity index (χ4v) is 4.03. The number of likely N-dealkylation sites (tertiary alicyclic amines) is 1. The minimum Gasteiger partial charge on any atom is -0.335 e. The monoisotopic (exact) mass is 316 g/mol. The molecule has 2 atom stereocenters. The molecule has 0 aromatic carbocycles. The number of hydrogen-bond acceptors (Lipinski definition) is 3. The Morgan fingerprint density at radius 2 is 1.96 bits per heavy atom. The van der Waals surface area contributed by atoms with Crippen molar-refractivity contribution in [1.82, 2.24) is 20.1 Å². The van der Waals surface area contributed by atoms with E-state index in [2.05, 4.69) is 46.3 Å².